The molecule has 1 saturated heterocycles. The highest BCUT2D eigenvalue weighted by atomic mass is 19.4. The number of aromatic nitrogens is 3. The zero-order valence-electron chi connectivity index (χ0n) is 17.9. The summed E-state index contributed by atoms with van der Waals surface area (Å²) in [6.07, 6.45) is -2.06. The Morgan fingerprint density at radius 3 is 2.74 bits per heavy atom. The fourth-order valence-corrected chi connectivity index (χ4v) is 4.19. The number of para-hydroxylation sites is 1. The zero-order valence-corrected chi connectivity index (χ0v) is 17.9. The Morgan fingerprint density at radius 2 is 2.00 bits per heavy atom. The third-order valence-electron chi connectivity index (χ3n) is 5.82. The summed E-state index contributed by atoms with van der Waals surface area (Å²) in [7, 11) is 0. The van der Waals surface area contributed by atoms with Crippen LogP contribution in [0.4, 0.5) is 23.7 Å². The average molecular weight is 486 g/mol. The van der Waals surface area contributed by atoms with Crippen molar-refractivity contribution in [3.8, 4) is 11.4 Å². The van der Waals surface area contributed by atoms with E-state index < -0.39 is 41.7 Å². The number of hydrogen-bond acceptors (Lipinski definition) is 6. The summed E-state index contributed by atoms with van der Waals surface area (Å²) in [6.45, 7) is -0.531. The van der Waals surface area contributed by atoms with Gasteiger partial charge in [0.2, 0.25) is 5.91 Å². The van der Waals surface area contributed by atoms with Crippen LogP contribution in [0.3, 0.4) is 0 Å². The monoisotopic (exact) mass is 486 g/mol. The second kappa shape index (κ2) is 8.11. The van der Waals surface area contributed by atoms with Gasteiger partial charge in [-0.1, -0.05) is 18.2 Å². The van der Waals surface area contributed by atoms with Crippen molar-refractivity contribution in [2.24, 2.45) is 0 Å². The van der Waals surface area contributed by atoms with Gasteiger partial charge in [-0.3, -0.25) is 14.5 Å². The molecule has 2 aliphatic heterocycles. The number of alkyl halides is 3. The smallest absolute Gasteiger partial charge is 0.416 e. The van der Waals surface area contributed by atoms with Gasteiger partial charge in [-0.05, 0) is 24.3 Å². The molecular formula is C22H17F3N6O4. The van der Waals surface area contributed by atoms with E-state index in [1.807, 2.05) is 0 Å². The Morgan fingerprint density at radius 1 is 1.20 bits per heavy atom. The molecule has 2 aliphatic rings. The highest BCUT2D eigenvalue weighted by Crippen LogP contribution is 2.41. The maximum atomic E-state index is 13.3. The molecule has 0 bridgehead atoms. The predicted octanol–water partition coefficient (Wildman–Crippen LogP) is 2.45. The maximum absolute atomic E-state index is 13.3. The molecule has 3 heterocycles. The lowest BCUT2D eigenvalue weighted by molar-refractivity contribution is -0.137. The highest BCUT2D eigenvalue weighted by Gasteiger charge is 2.55. The number of halogens is 3. The van der Waals surface area contributed by atoms with Crippen LogP contribution in [0.5, 0.6) is 5.75 Å². The second-order valence-corrected chi connectivity index (χ2v) is 7.94. The number of urea groups is 1. The fraction of sp³-hybridized carbons (Fsp3) is 0.227. The molecule has 1 unspecified atom stereocenters. The number of amides is 4. The summed E-state index contributed by atoms with van der Waals surface area (Å²) in [4.78, 5) is 43.3. The van der Waals surface area contributed by atoms with Crippen molar-refractivity contribution in [3.63, 3.8) is 0 Å². The summed E-state index contributed by atoms with van der Waals surface area (Å²) in [5.41, 5.74) is -2.00. The summed E-state index contributed by atoms with van der Waals surface area (Å²) in [5.74, 6) is -1.07. The number of imide groups is 1. The minimum Gasteiger partial charge on any atom is -0.493 e. The van der Waals surface area contributed by atoms with Gasteiger partial charge in [0.1, 0.15) is 24.9 Å². The fourth-order valence-electron chi connectivity index (χ4n) is 4.19. The molecular weight excluding hydrogens is 469 g/mol. The first-order valence-electron chi connectivity index (χ1n) is 10.4. The molecule has 10 nitrogen and oxygen atoms in total. The van der Waals surface area contributed by atoms with Gasteiger partial charge in [-0.2, -0.15) is 18.3 Å². The molecule has 2 aromatic carbocycles. The van der Waals surface area contributed by atoms with Gasteiger partial charge in [-0.15, -0.1) is 0 Å². The molecule has 1 atom stereocenters. The molecule has 35 heavy (non-hydrogen) atoms. The minimum atomic E-state index is -4.66. The lowest BCUT2D eigenvalue weighted by Gasteiger charge is -2.33. The van der Waals surface area contributed by atoms with Crippen molar-refractivity contribution in [2.45, 2.75) is 18.1 Å². The molecule has 1 spiro atoms. The number of benzene rings is 2. The van der Waals surface area contributed by atoms with Crippen LogP contribution >= 0.6 is 0 Å². The standard InChI is InChI=1S/C22H17F3N6O4/c23-22(24,25)13-5-6-16(31-12-26-11-27-31)15(9-13)28-18(32)10-30-19(33)21(29-20(30)34)7-8-35-17-4-2-1-3-14(17)21/h1-6,9,11-12H,7-8,10H2,(H,28,32)(H,29,34). The van der Waals surface area contributed by atoms with E-state index >= 15 is 0 Å². The molecule has 1 fully saturated rings. The van der Waals surface area contributed by atoms with Crippen LogP contribution in [0.25, 0.3) is 5.69 Å². The van der Waals surface area contributed by atoms with Crippen molar-refractivity contribution >= 4 is 23.5 Å². The normalized spacial score (nSPS) is 19.3. The molecule has 180 valence electrons. The van der Waals surface area contributed by atoms with Crippen molar-refractivity contribution in [1.82, 2.24) is 25.0 Å². The van der Waals surface area contributed by atoms with Crippen LogP contribution in [0.15, 0.2) is 55.1 Å². The van der Waals surface area contributed by atoms with Gasteiger partial charge in [-0.25, -0.2) is 14.5 Å². The minimum absolute atomic E-state index is 0.121. The van der Waals surface area contributed by atoms with Crippen LogP contribution < -0.4 is 15.4 Å². The Hall–Kier alpha value is -4.42. The Balaban J connectivity index is 1.41. The molecule has 3 aromatic rings. The van der Waals surface area contributed by atoms with Gasteiger partial charge >= 0.3 is 12.2 Å². The topological polar surface area (TPSA) is 118 Å². The number of ether oxygens (including phenoxy) is 1. The summed E-state index contributed by atoms with van der Waals surface area (Å²) in [5, 5.41) is 8.91. The third kappa shape index (κ3) is 3.84. The van der Waals surface area contributed by atoms with Crippen LogP contribution in [-0.4, -0.2) is 50.7 Å². The molecule has 13 heteroatoms. The van der Waals surface area contributed by atoms with Crippen molar-refractivity contribution in [2.75, 3.05) is 18.5 Å². The van der Waals surface area contributed by atoms with Gasteiger partial charge in [0.25, 0.3) is 5.91 Å². The van der Waals surface area contributed by atoms with Gasteiger partial charge in [0.05, 0.1) is 23.5 Å². The molecule has 0 radical (unpaired) electrons. The number of carbonyl (C=O) groups excluding carboxylic acids is 3. The van der Waals surface area contributed by atoms with E-state index in [4.69, 9.17) is 4.74 Å². The van der Waals surface area contributed by atoms with E-state index in [1.165, 1.54) is 17.3 Å². The number of carbonyl (C=O) groups is 3. The SMILES string of the molecule is O=C(CN1C(=O)NC2(CCOc3ccccc32)C1=O)Nc1cc(C(F)(F)F)ccc1-n1cncn1. The number of fused-ring (bicyclic) bond motifs is 2. The average Bonchev–Trinajstić information content (AvgIpc) is 3.43. The first-order chi connectivity index (χ1) is 16.7. The van der Waals surface area contributed by atoms with Crippen molar-refractivity contribution < 1.29 is 32.3 Å². The summed E-state index contributed by atoms with van der Waals surface area (Å²) in [6, 6.07) is 8.69. The van der Waals surface area contributed by atoms with E-state index in [1.54, 1.807) is 24.3 Å². The molecule has 4 amide bonds. The third-order valence-corrected chi connectivity index (χ3v) is 5.82. The lowest BCUT2D eigenvalue weighted by atomic mass is 9.84. The second-order valence-electron chi connectivity index (χ2n) is 7.94. The zero-order chi connectivity index (χ0) is 24.8. The Labute approximate surface area is 195 Å². The molecule has 2 N–H and O–H groups in total. The quantitative estimate of drug-likeness (QED) is 0.547. The van der Waals surface area contributed by atoms with Crippen LogP contribution in [-0.2, 0) is 21.3 Å². The Kier molecular flexibility index (Phi) is 5.19. The van der Waals surface area contributed by atoms with Crippen LogP contribution in [0.2, 0.25) is 0 Å². The molecule has 0 saturated carbocycles. The number of nitrogens with one attached hydrogen (secondary N) is 2. The summed E-state index contributed by atoms with van der Waals surface area (Å²) >= 11 is 0. The predicted molar refractivity (Wildman–Crippen MR) is 113 cm³/mol. The lowest BCUT2D eigenvalue weighted by Crippen LogP contribution is -2.48. The molecule has 5 rings (SSSR count). The van der Waals surface area contributed by atoms with E-state index in [9.17, 15) is 27.6 Å². The largest absolute Gasteiger partial charge is 0.493 e. The van der Waals surface area contributed by atoms with Gasteiger partial charge in [0, 0.05) is 12.0 Å². The van der Waals surface area contributed by atoms with Gasteiger partial charge in [0.15, 0.2) is 5.54 Å². The van der Waals surface area contributed by atoms with Crippen molar-refractivity contribution in [1.29, 1.82) is 0 Å². The van der Waals surface area contributed by atoms with Crippen molar-refractivity contribution in [3.05, 3.63) is 66.2 Å². The number of hydrogen-bond donors (Lipinski definition) is 2. The molecule has 0 aliphatic carbocycles. The summed E-state index contributed by atoms with van der Waals surface area (Å²) < 4.78 is 46.6. The van der Waals surface area contributed by atoms with Crippen LogP contribution in [0.1, 0.15) is 17.5 Å². The van der Waals surface area contributed by atoms with E-state index in [0.717, 1.165) is 23.1 Å². The number of nitrogens with zero attached hydrogens (tertiary/aromatic N) is 4. The first kappa shape index (κ1) is 22.4. The van der Waals surface area contributed by atoms with Crippen LogP contribution in [0, 0.1) is 0 Å². The highest BCUT2D eigenvalue weighted by molar-refractivity contribution is 6.11. The number of rotatable bonds is 4. The number of anilines is 1. The van der Waals surface area contributed by atoms with E-state index in [0.29, 0.717) is 11.3 Å². The van der Waals surface area contributed by atoms with E-state index in [-0.39, 0.29) is 24.4 Å². The van der Waals surface area contributed by atoms with E-state index in [2.05, 4.69) is 20.7 Å². The van der Waals surface area contributed by atoms with Gasteiger partial charge < -0.3 is 15.4 Å². The first-order valence-corrected chi connectivity index (χ1v) is 10.4. The Bertz CT molecular complexity index is 1330. The maximum Gasteiger partial charge on any atom is 0.416 e. The molecule has 1 aromatic heterocycles.